The van der Waals surface area contributed by atoms with Crippen molar-refractivity contribution in [1.29, 1.82) is 0 Å². The summed E-state index contributed by atoms with van der Waals surface area (Å²) in [5, 5.41) is 4.44. The third kappa shape index (κ3) is 2.99. The summed E-state index contributed by atoms with van der Waals surface area (Å²) in [7, 11) is 0. The van der Waals surface area contributed by atoms with Crippen LogP contribution in [0.1, 0.15) is 79.1 Å². The molecule has 5 atom stereocenters. The minimum atomic E-state index is -0.410. The van der Waals surface area contributed by atoms with Gasteiger partial charge in [-0.25, -0.2) is 0 Å². The predicted molar refractivity (Wildman–Crippen MR) is 108 cm³/mol. The van der Waals surface area contributed by atoms with Crippen LogP contribution in [0, 0.1) is 28.6 Å². The molecule has 0 aromatic carbocycles. The van der Waals surface area contributed by atoms with E-state index in [2.05, 4.69) is 25.1 Å². The number of ketones is 1. The SMILES string of the molecule is CC(C)(CN)ON=C1C=C2CCC3C(CC[C@]4(C)C(=O)CCC34)[C@@]2(C)CC1. The number of Topliss-reactive ketones (excluding diaryl/α,β-unsaturated/α-hetero) is 1. The van der Waals surface area contributed by atoms with E-state index in [1.165, 1.54) is 12.8 Å². The lowest BCUT2D eigenvalue weighted by Crippen LogP contribution is -2.50. The highest BCUT2D eigenvalue weighted by Crippen LogP contribution is 2.64. The number of rotatable bonds is 3. The van der Waals surface area contributed by atoms with E-state index < -0.39 is 5.60 Å². The van der Waals surface area contributed by atoms with Crippen LogP contribution in [0.3, 0.4) is 0 Å². The first-order valence-corrected chi connectivity index (χ1v) is 10.9. The topological polar surface area (TPSA) is 64.7 Å². The number of nitrogens with two attached hydrogens (primary N) is 1. The highest BCUT2D eigenvalue weighted by molar-refractivity contribution is 5.96. The molecule has 0 radical (unpaired) electrons. The van der Waals surface area contributed by atoms with Crippen LogP contribution >= 0.6 is 0 Å². The molecule has 0 bridgehead atoms. The number of carbonyl (C=O) groups is 1. The molecule has 2 N–H and O–H groups in total. The molecule has 3 saturated carbocycles. The summed E-state index contributed by atoms with van der Waals surface area (Å²) in [6, 6.07) is 0. The minimum absolute atomic E-state index is 0.0261. The summed E-state index contributed by atoms with van der Waals surface area (Å²) >= 11 is 0. The smallest absolute Gasteiger partial charge is 0.144 e. The van der Waals surface area contributed by atoms with E-state index in [1.54, 1.807) is 5.57 Å². The molecule has 0 aromatic heterocycles. The lowest BCUT2D eigenvalue weighted by molar-refractivity contribution is -0.132. The maximum Gasteiger partial charge on any atom is 0.144 e. The van der Waals surface area contributed by atoms with Crippen molar-refractivity contribution in [3.8, 4) is 0 Å². The average Bonchev–Trinajstić information content (AvgIpc) is 2.95. The maximum absolute atomic E-state index is 12.5. The van der Waals surface area contributed by atoms with E-state index in [-0.39, 0.29) is 10.8 Å². The molecular formula is C23H36N2O2. The fraction of sp³-hybridized carbons (Fsp3) is 0.826. The summed E-state index contributed by atoms with van der Waals surface area (Å²) in [5.41, 5.74) is 8.23. The van der Waals surface area contributed by atoms with Gasteiger partial charge in [-0.15, -0.1) is 0 Å². The number of hydrogen-bond donors (Lipinski definition) is 1. The Morgan fingerprint density at radius 1 is 1.11 bits per heavy atom. The van der Waals surface area contributed by atoms with E-state index in [1.807, 2.05) is 13.8 Å². The van der Waals surface area contributed by atoms with Crippen LogP contribution in [-0.2, 0) is 9.63 Å². The molecule has 4 rings (SSSR count). The van der Waals surface area contributed by atoms with Gasteiger partial charge in [-0.2, -0.15) is 0 Å². The van der Waals surface area contributed by atoms with E-state index in [0.29, 0.717) is 18.2 Å². The molecule has 0 heterocycles. The molecule has 4 nitrogen and oxygen atoms in total. The molecule has 0 aromatic rings. The number of fused-ring (bicyclic) bond motifs is 5. The summed E-state index contributed by atoms with van der Waals surface area (Å²) < 4.78 is 0. The molecule has 3 fully saturated rings. The molecule has 4 heteroatoms. The molecule has 0 aliphatic heterocycles. The quantitative estimate of drug-likeness (QED) is 0.735. The lowest BCUT2D eigenvalue weighted by atomic mass is 9.47. The highest BCUT2D eigenvalue weighted by Gasteiger charge is 2.58. The Hall–Kier alpha value is -1.16. The number of oxime groups is 1. The zero-order valence-corrected chi connectivity index (χ0v) is 17.5. The van der Waals surface area contributed by atoms with Crippen molar-refractivity contribution in [3.05, 3.63) is 11.6 Å². The van der Waals surface area contributed by atoms with Crippen LogP contribution in [0.5, 0.6) is 0 Å². The third-order valence-electron chi connectivity index (χ3n) is 8.59. The molecule has 0 saturated heterocycles. The van der Waals surface area contributed by atoms with Gasteiger partial charge in [0.05, 0.1) is 5.71 Å². The molecule has 4 aliphatic carbocycles. The van der Waals surface area contributed by atoms with Crippen molar-refractivity contribution in [2.45, 2.75) is 84.7 Å². The Labute approximate surface area is 164 Å². The summed E-state index contributed by atoms with van der Waals surface area (Å²) in [6.07, 6.45) is 11.1. The van der Waals surface area contributed by atoms with Gasteiger partial charge >= 0.3 is 0 Å². The molecule has 27 heavy (non-hydrogen) atoms. The van der Waals surface area contributed by atoms with Gasteiger partial charge < -0.3 is 10.6 Å². The summed E-state index contributed by atoms with van der Waals surface area (Å²) in [6.45, 7) is 9.16. The van der Waals surface area contributed by atoms with Crippen molar-refractivity contribution < 1.29 is 9.63 Å². The molecule has 4 aliphatic rings. The first kappa shape index (κ1) is 19.2. The van der Waals surface area contributed by atoms with E-state index in [9.17, 15) is 4.79 Å². The van der Waals surface area contributed by atoms with Gasteiger partial charge in [0.1, 0.15) is 11.4 Å². The van der Waals surface area contributed by atoms with Crippen LogP contribution in [0.4, 0.5) is 0 Å². The molecular weight excluding hydrogens is 336 g/mol. The lowest BCUT2D eigenvalue weighted by Gasteiger charge is -2.57. The van der Waals surface area contributed by atoms with E-state index >= 15 is 0 Å². The second-order valence-corrected chi connectivity index (χ2v) is 10.6. The zero-order chi connectivity index (χ0) is 19.4. The van der Waals surface area contributed by atoms with Crippen molar-refractivity contribution >= 4 is 11.5 Å². The standard InChI is InChI=1S/C23H36N2O2/c1-21(2,14-24)27-25-16-9-11-22(3)15(13-16)5-6-17-18-7-8-20(26)23(18,4)12-10-19(17)22/h13,17-19H,5-12,14,24H2,1-4H3/t17?,18?,19?,22-,23-/m0/s1. The predicted octanol–water partition coefficient (Wildman–Crippen LogP) is 4.63. The second-order valence-electron chi connectivity index (χ2n) is 10.6. The van der Waals surface area contributed by atoms with Gasteiger partial charge in [-0.3, -0.25) is 4.79 Å². The average molecular weight is 373 g/mol. The first-order chi connectivity index (χ1) is 12.7. The Morgan fingerprint density at radius 3 is 2.59 bits per heavy atom. The van der Waals surface area contributed by atoms with Gasteiger partial charge in [-0.05, 0) is 88.0 Å². The van der Waals surface area contributed by atoms with Crippen LogP contribution in [0.15, 0.2) is 16.8 Å². The Bertz CT molecular complexity index is 694. The minimum Gasteiger partial charge on any atom is -0.388 e. The highest BCUT2D eigenvalue weighted by atomic mass is 16.6. The second kappa shape index (κ2) is 6.43. The van der Waals surface area contributed by atoms with Crippen molar-refractivity contribution in [3.63, 3.8) is 0 Å². The molecule has 3 unspecified atom stereocenters. The van der Waals surface area contributed by atoms with E-state index in [0.717, 1.165) is 56.1 Å². The van der Waals surface area contributed by atoms with Gasteiger partial charge in [0, 0.05) is 18.4 Å². The number of nitrogens with zero attached hydrogens (tertiary/aromatic N) is 1. The van der Waals surface area contributed by atoms with Crippen LogP contribution in [0.2, 0.25) is 0 Å². The van der Waals surface area contributed by atoms with Crippen LogP contribution < -0.4 is 5.73 Å². The Morgan fingerprint density at radius 2 is 1.85 bits per heavy atom. The van der Waals surface area contributed by atoms with Gasteiger partial charge in [0.2, 0.25) is 0 Å². The number of hydrogen-bond acceptors (Lipinski definition) is 4. The van der Waals surface area contributed by atoms with Gasteiger partial charge in [-0.1, -0.05) is 24.6 Å². The van der Waals surface area contributed by atoms with Crippen molar-refractivity contribution in [2.24, 2.45) is 39.5 Å². The monoisotopic (exact) mass is 372 g/mol. The fourth-order valence-corrected chi connectivity index (χ4v) is 6.63. The third-order valence-corrected chi connectivity index (χ3v) is 8.59. The van der Waals surface area contributed by atoms with Crippen LogP contribution in [0.25, 0.3) is 0 Å². The first-order valence-electron chi connectivity index (χ1n) is 10.9. The zero-order valence-electron chi connectivity index (χ0n) is 17.5. The van der Waals surface area contributed by atoms with E-state index in [4.69, 9.17) is 10.6 Å². The van der Waals surface area contributed by atoms with Crippen LogP contribution in [-0.4, -0.2) is 23.6 Å². The Balaban J connectivity index is 1.56. The van der Waals surface area contributed by atoms with Crippen molar-refractivity contribution in [1.82, 2.24) is 0 Å². The van der Waals surface area contributed by atoms with Gasteiger partial charge in [0.25, 0.3) is 0 Å². The summed E-state index contributed by atoms with van der Waals surface area (Å²) in [4.78, 5) is 18.2. The molecule has 0 amide bonds. The summed E-state index contributed by atoms with van der Waals surface area (Å²) in [5.74, 6) is 2.61. The molecule has 150 valence electrons. The largest absolute Gasteiger partial charge is 0.388 e. The Kier molecular flexibility index (Phi) is 4.57. The number of carbonyl (C=O) groups excluding carboxylic acids is 1. The van der Waals surface area contributed by atoms with Crippen molar-refractivity contribution in [2.75, 3.05) is 6.54 Å². The number of allylic oxidation sites excluding steroid dienone is 2. The fourth-order valence-electron chi connectivity index (χ4n) is 6.63. The molecule has 0 spiro atoms. The van der Waals surface area contributed by atoms with Gasteiger partial charge in [0.15, 0.2) is 0 Å². The normalized spacial score (nSPS) is 43.0. The maximum atomic E-state index is 12.5.